The summed E-state index contributed by atoms with van der Waals surface area (Å²) in [6, 6.07) is 0.256. The second-order valence-corrected chi connectivity index (χ2v) is 5.92. The standard InChI is InChI=1S/C14H19NO5/c1-15-9-5-7-13(12(18)19-2)10(16)3-4-11(17)20-14(13,15)8-6-9/h9H,3-8H2,1-2H3/t9?,13-,14?/m0/s1. The Bertz CT molecular complexity index is 490. The third-order valence-corrected chi connectivity index (χ3v) is 5.30. The highest BCUT2D eigenvalue weighted by Gasteiger charge is 2.72. The molecule has 3 aliphatic heterocycles. The number of fused-ring (bicyclic) bond motifs is 1. The van der Waals surface area contributed by atoms with Crippen LogP contribution in [0.25, 0.3) is 0 Å². The smallest absolute Gasteiger partial charge is 0.325 e. The monoisotopic (exact) mass is 281 g/mol. The number of carbonyl (C=O) groups is 3. The summed E-state index contributed by atoms with van der Waals surface area (Å²) in [7, 11) is 3.12. The minimum atomic E-state index is -1.35. The van der Waals surface area contributed by atoms with Crippen molar-refractivity contribution < 1.29 is 23.9 Å². The van der Waals surface area contributed by atoms with Crippen molar-refractivity contribution in [3.63, 3.8) is 0 Å². The van der Waals surface area contributed by atoms with Gasteiger partial charge in [0.05, 0.1) is 13.5 Å². The number of rotatable bonds is 1. The Morgan fingerprint density at radius 3 is 2.70 bits per heavy atom. The van der Waals surface area contributed by atoms with Gasteiger partial charge in [-0.2, -0.15) is 0 Å². The van der Waals surface area contributed by atoms with Crippen molar-refractivity contribution >= 4 is 17.7 Å². The van der Waals surface area contributed by atoms with Crippen molar-refractivity contribution in [3.05, 3.63) is 0 Å². The van der Waals surface area contributed by atoms with Crippen molar-refractivity contribution in [2.45, 2.75) is 50.3 Å². The lowest BCUT2D eigenvalue weighted by molar-refractivity contribution is -0.226. The van der Waals surface area contributed by atoms with Gasteiger partial charge >= 0.3 is 11.9 Å². The molecule has 110 valence electrons. The highest BCUT2D eigenvalue weighted by Crippen LogP contribution is 2.57. The normalized spacial score (nSPS) is 40.8. The first-order valence-electron chi connectivity index (χ1n) is 7.04. The number of hydrogen-bond donors (Lipinski definition) is 0. The molecule has 3 rings (SSSR count). The second-order valence-electron chi connectivity index (χ2n) is 5.92. The van der Waals surface area contributed by atoms with Crippen molar-refractivity contribution in [1.82, 2.24) is 4.90 Å². The van der Waals surface area contributed by atoms with E-state index in [4.69, 9.17) is 9.47 Å². The van der Waals surface area contributed by atoms with E-state index in [1.807, 2.05) is 11.9 Å². The van der Waals surface area contributed by atoms with Gasteiger partial charge in [-0.25, -0.2) is 0 Å². The maximum atomic E-state index is 12.7. The highest BCUT2D eigenvalue weighted by molar-refractivity contribution is 6.07. The lowest BCUT2D eigenvalue weighted by Crippen LogP contribution is -2.67. The van der Waals surface area contributed by atoms with Gasteiger partial charge in [-0.3, -0.25) is 19.3 Å². The minimum absolute atomic E-state index is 0.0395. The Hall–Kier alpha value is -1.43. The molecule has 0 saturated carbocycles. The van der Waals surface area contributed by atoms with Crippen LogP contribution in [0.2, 0.25) is 0 Å². The molecule has 2 unspecified atom stereocenters. The number of nitrogens with zero attached hydrogens (tertiary/aromatic N) is 1. The quantitative estimate of drug-likeness (QED) is 0.518. The van der Waals surface area contributed by atoms with Crippen LogP contribution >= 0.6 is 0 Å². The zero-order valence-electron chi connectivity index (χ0n) is 11.8. The van der Waals surface area contributed by atoms with Gasteiger partial charge in [0.2, 0.25) is 0 Å². The average Bonchev–Trinajstić information content (AvgIpc) is 2.61. The molecule has 3 fully saturated rings. The number of esters is 2. The molecule has 3 atom stereocenters. The molecule has 1 spiro atoms. The first-order valence-corrected chi connectivity index (χ1v) is 7.04. The van der Waals surface area contributed by atoms with Crippen LogP contribution in [0.1, 0.15) is 38.5 Å². The van der Waals surface area contributed by atoms with Crippen LogP contribution in [0.3, 0.4) is 0 Å². The van der Waals surface area contributed by atoms with Crippen LogP contribution in [-0.4, -0.2) is 48.5 Å². The maximum Gasteiger partial charge on any atom is 0.325 e. The third-order valence-electron chi connectivity index (χ3n) is 5.30. The SMILES string of the molecule is COC(=O)[C@@]12CCC3CCC1(OC(=O)CCC2=O)N3C. The van der Waals surface area contributed by atoms with Crippen LogP contribution in [0.15, 0.2) is 0 Å². The van der Waals surface area contributed by atoms with E-state index in [9.17, 15) is 14.4 Å². The molecule has 3 saturated heterocycles. The van der Waals surface area contributed by atoms with Gasteiger partial charge in [0.1, 0.15) is 0 Å². The molecule has 0 radical (unpaired) electrons. The molecule has 0 aliphatic carbocycles. The Kier molecular flexibility index (Phi) is 2.90. The van der Waals surface area contributed by atoms with Crippen LogP contribution in [0, 0.1) is 5.41 Å². The molecule has 0 amide bonds. The van der Waals surface area contributed by atoms with Crippen LogP contribution < -0.4 is 0 Å². The van der Waals surface area contributed by atoms with Crippen molar-refractivity contribution in [2.75, 3.05) is 14.2 Å². The number of Topliss-reactive ketones (excluding diaryl/α,β-unsaturated/α-hetero) is 1. The van der Waals surface area contributed by atoms with Gasteiger partial charge in [0.15, 0.2) is 16.9 Å². The van der Waals surface area contributed by atoms with Gasteiger partial charge in [0, 0.05) is 18.9 Å². The van der Waals surface area contributed by atoms with Gasteiger partial charge in [-0.05, 0) is 26.3 Å². The van der Waals surface area contributed by atoms with E-state index in [0.717, 1.165) is 12.8 Å². The number of methoxy groups -OCH3 is 1. The Labute approximate surface area is 117 Å². The number of ketones is 1. The number of carbonyl (C=O) groups excluding carboxylic acids is 3. The molecule has 0 aromatic carbocycles. The Morgan fingerprint density at radius 2 is 2.00 bits per heavy atom. The van der Waals surface area contributed by atoms with E-state index in [0.29, 0.717) is 12.8 Å². The van der Waals surface area contributed by atoms with E-state index in [2.05, 4.69) is 0 Å². The predicted molar refractivity (Wildman–Crippen MR) is 67.5 cm³/mol. The first-order chi connectivity index (χ1) is 9.48. The summed E-state index contributed by atoms with van der Waals surface area (Å²) in [6.07, 6.45) is 2.58. The summed E-state index contributed by atoms with van der Waals surface area (Å²) in [5.74, 6) is -1.19. The minimum Gasteiger partial charge on any atom is -0.468 e. The maximum absolute atomic E-state index is 12.7. The van der Waals surface area contributed by atoms with Crippen LogP contribution in [-0.2, 0) is 23.9 Å². The Morgan fingerprint density at radius 1 is 1.30 bits per heavy atom. The molecule has 3 aliphatic rings. The molecule has 3 heterocycles. The van der Waals surface area contributed by atoms with E-state index >= 15 is 0 Å². The fraction of sp³-hybridized carbons (Fsp3) is 0.786. The van der Waals surface area contributed by atoms with Crippen molar-refractivity contribution in [3.8, 4) is 0 Å². The van der Waals surface area contributed by atoms with E-state index in [1.165, 1.54) is 7.11 Å². The number of hydrogen-bond acceptors (Lipinski definition) is 6. The molecule has 2 bridgehead atoms. The van der Waals surface area contributed by atoms with Crippen molar-refractivity contribution in [1.29, 1.82) is 0 Å². The molecule has 0 N–H and O–H groups in total. The lowest BCUT2D eigenvalue weighted by atomic mass is 9.67. The van der Waals surface area contributed by atoms with Gasteiger partial charge < -0.3 is 9.47 Å². The predicted octanol–water partition coefficient (Wildman–Crippen LogP) is 0.636. The fourth-order valence-corrected chi connectivity index (χ4v) is 4.24. The average molecular weight is 281 g/mol. The summed E-state index contributed by atoms with van der Waals surface area (Å²) in [6.45, 7) is 0. The highest BCUT2D eigenvalue weighted by atomic mass is 16.6. The van der Waals surface area contributed by atoms with E-state index in [-0.39, 0.29) is 24.7 Å². The van der Waals surface area contributed by atoms with Gasteiger partial charge in [-0.15, -0.1) is 0 Å². The summed E-state index contributed by atoms with van der Waals surface area (Å²) >= 11 is 0. The largest absolute Gasteiger partial charge is 0.468 e. The summed E-state index contributed by atoms with van der Waals surface area (Å²) in [5, 5.41) is 0. The summed E-state index contributed by atoms with van der Waals surface area (Å²) in [5.41, 5.74) is -2.50. The molecule has 6 heteroatoms. The van der Waals surface area contributed by atoms with E-state index < -0.39 is 23.1 Å². The number of piperidine rings is 1. The first kappa shape index (κ1) is 13.5. The zero-order valence-corrected chi connectivity index (χ0v) is 11.8. The Balaban J connectivity index is 2.19. The van der Waals surface area contributed by atoms with Gasteiger partial charge in [0.25, 0.3) is 0 Å². The molecule has 20 heavy (non-hydrogen) atoms. The van der Waals surface area contributed by atoms with Gasteiger partial charge in [-0.1, -0.05) is 0 Å². The van der Waals surface area contributed by atoms with Crippen LogP contribution in [0.5, 0.6) is 0 Å². The second kappa shape index (κ2) is 4.28. The topological polar surface area (TPSA) is 72.9 Å². The lowest BCUT2D eigenvalue weighted by Gasteiger charge is -2.51. The molecule has 0 aromatic heterocycles. The third kappa shape index (κ3) is 1.40. The molecular weight excluding hydrogens is 262 g/mol. The molecule has 6 nitrogen and oxygen atoms in total. The number of ether oxygens (including phenoxy) is 2. The fourth-order valence-electron chi connectivity index (χ4n) is 4.24. The van der Waals surface area contributed by atoms with Crippen molar-refractivity contribution in [2.24, 2.45) is 5.41 Å². The zero-order chi connectivity index (χ0) is 14.5. The van der Waals surface area contributed by atoms with Crippen LogP contribution in [0.4, 0.5) is 0 Å². The summed E-state index contributed by atoms with van der Waals surface area (Å²) in [4.78, 5) is 39.0. The molecular formula is C14H19NO5. The molecule has 0 aromatic rings. The van der Waals surface area contributed by atoms with E-state index in [1.54, 1.807) is 0 Å². The summed E-state index contributed by atoms with van der Waals surface area (Å²) < 4.78 is 10.6.